The Hall–Kier alpha value is -1.42. The lowest BCUT2D eigenvalue weighted by Crippen LogP contribution is -2.31. The van der Waals surface area contributed by atoms with Crippen LogP contribution in [0.25, 0.3) is 0 Å². The van der Waals surface area contributed by atoms with Crippen LogP contribution in [0.3, 0.4) is 0 Å². The zero-order valence-electron chi connectivity index (χ0n) is 11.5. The maximum atomic E-state index is 11.8. The summed E-state index contributed by atoms with van der Waals surface area (Å²) in [4.78, 5) is 18.4. The van der Waals surface area contributed by atoms with Gasteiger partial charge in [-0.2, -0.15) is 0 Å². The van der Waals surface area contributed by atoms with Crippen LogP contribution in [0.2, 0.25) is 0 Å². The summed E-state index contributed by atoms with van der Waals surface area (Å²) in [7, 11) is 0. The maximum absolute atomic E-state index is 11.8. The van der Waals surface area contributed by atoms with Gasteiger partial charge in [0.15, 0.2) is 0 Å². The standard InChI is InChI=1S/C15H23N3O/c19-15(17-13-14-7-3-4-9-16-14)8-12-18-10-5-1-2-6-11-18/h3-4,7,9H,1-2,5-6,8,10-13H2,(H,17,19). The number of likely N-dealkylation sites (tertiary alicyclic amines) is 1. The predicted octanol–water partition coefficient (Wildman–Crippen LogP) is 1.96. The molecule has 19 heavy (non-hydrogen) atoms. The van der Waals surface area contributed by atoms with Crippen LogP contribution in [0.4, 0.5) is 0 Å². The molecule has 0 atom stereocenters. The monoisotopic (exact) mass is 261 g/mol. The molecule has 0 radical (unpaired) electrons. The van der Waals surface area contributed by atoms with Gasteiger partial charge < -0.3 is 10.2 Å². The molecule has 104 valence electrons. The van der Waals surface area contributed by atoms with Gasteiger partial charge >= 0.3 is 0 Å². The van der Waals surface area contributed by atoms with Gasteiger partial charge in [0, 0.05) is 19.2 Å². The van der Waals surface area contributed by atoms with Gasteiger partial charge in [-0.15, -0.1) is 0 Å². The molecule has 1 amide bonds. The minimum Gasteiger partial charge on any atom is -0.350 e. The van der Waals surface area contributed by atoms with Crippen molar-refractivity contribution in [1.82, 2.24) is 15.2 Å². The number of carbonyl (C=O) groups is 1. The highest BCUT2D eigenvalue weighted by Gasteiger charge is 2.10. The molecule has 1 aromatic rings. The van der Waals surface area contributed by atoms with Gasteiger partial charge in [-0.1, -0.05) is 18.9 Å². The Morgan fingerprint density at radius 1 is 1.21 bits per heavy atom. The molecule has 1 aromatic heterocycles. The molecule has 1 fully saturated rings. The van der Waals surface area contributed by atoms with Crippen molar-refractivity contribution in [3.8, 4) is 0 Å². The second-order valence-electron chi connectivity index (χ2n) is 5.10. The van der Waals surface area contributed by atoms with E-state index in [-0.39, 0.29) is 5.91 Å². The van der Waals surface area contributed by atoms with Crippen molar-refractivity contribution in [1.29, 1.82) is 0 Å². The molecule has 1 N–H and O–H groups in total. The van der Waals surface area contributed by atoms with Gasteiger partial charge in [0.1, 0.15) is 0 Å². The molecule has 0 aliphatic carbocycles. The summed E-state index contributed by atoms with van der Waals surface area (Å²) in [5.74, 6) is 0.120. The Morgan fingerprint density at radius 2 is 2.00 bits per heavy atom. The lowest BCUT2D eigenvalue weighted by atomic mass is 10.2. The molecule has 1 saturated heterocycles. The maximum Gasteiger partial charge on any atom is 0.221 e. The first-order valence-electron chi connectivity index (χ1n) is 7.23. The van der Waals surface area contributed by atoms with Gasteiger partial charge in [0.25, 0.3) is 0 Å². The van der Waals surface area contributed by atoms with Crippen molar-refractivity contribution in [2.45, 2.75) is 38.6 Å². The number of rotatable bonds is 5. The van der Waals surface area contributed by atoms with E-state index in [4.69, 9.17) is 0 Å². The Labute approximate surface area is 115 Å². The van der Waals surface area contributed by atoms with Crippen LogP contribution in [-0.4, -0.2) is 35.4 Å². The average molecular weight is 261 g/mol. The molecular formula is C15H23N3O. The van der Waals surface area contributed by atoms with E-state index in [1.54, 1.807) is 6.20 Å². The molecule has 0 saturated carbocycles. The van der Waals surface area contributed by atoms with E-state index in [2.05, 4.69) is 15.2 Å². The first-order chi connectivity index (χ1) is 9.34. The molecule has 0 unspecified atom stereocenters. The molecule has 0 bridgehead atoms. The second-order valence-corrected chi connectivity index (χ2v) is 5.10. The van der Waals surface area contributed by atoms with E-state index < -0.39 is 0 Å². The normalized spacial score (nSPS) is 16.8. The number of amides is 1. The molecule has 4 heteroatoms. The van der Waals surface area contributed by atoms with Crippen LogP contribution in [0.5, 0.6) is 0 Å². The van der Waals surface area contributed by atoms with Crippen molar-refractivity contribution in [2.24, 2.45) is 0 Å². The third-order valence-corrected chi connectivity index (χ3v) is 3.55. The number of carbonyl (C=O) groups excluding carboxylic acids is 1. The first-order valence-corrected chi connectivity index (χ1v) is 7.23. The lowest BCUT2D eigenvalue weighted by Gasteiger charge is -2.19. The summed E-state index contributed by atoms with van der Waals surface area (Å²) in [6.45, 7) is 3.70. The minimum atomic E-state index is 0.120. The van der Waals surface area contributed by atoms with Crippen LogP contribution in [0.1, 0.15) is 37.8 Å². The first kappa shape index (κ1) is 14.0. The Morgan fingerprint density at radius 3 is 2.68 bits per heavy atom. The van der Waals surface area contributed by atoms with Crippen LogP contribution >= 0.6 is 0 Å². The zero-order chi connectivity index (χ0) is 13.3. The molecule has 0 aromatic carbocycles. The van der Waals surface area contributed by atoms with Crippen molar-refractivity contribution in [3.05, 3.63) is 30.1 Å². The van der Waals surface area contributed by atoms with E-state index in [1.165, 1.54) is 25.7 Å². The zero-order valence-corrected chi connectivity index (χ0v) is 11.5. The van der Waals surface area contributed by atoms with E-state index in [1.807, 2.05) is 18.2 Å². The number of nitrogens with zero attached hydrogens (tertiary/aromatic N) is 2. The predicted molar refractivity (Wildman–Crippen MR) is 75.6 cm³/mol. The van der Waals surface area contributed by atoms with E-state index in [0.29, 0.717) is 13.0 Å². The fraction of sp³-hybridized carbons (Fsp3) is 0.600. The van der Waals surface area contributed by atoms with Gasteiger partial charge in [-0.05, 0) is 38.1 Å². The topological polar surface area (TPSA) is 45.2 Å². The molecule has 1 aliphatic rings. The summed E-state index contributed by atoms with van der Waals surface area (Å²) < 4.78 is 0. The Balaban J connectivity index is 1.64. The van der Waals surface area contributed by atoms with Gasteiger partial charge in [-0.3, -0.25) is 9.78 Å². The highest BCUT2D eigenvalue weighted by molar-refractivity contribution is 5.75. The van der Waals surface area contributed by atoms with Crippen molar-refractivity contribution in [3.63, 3.8) is 0 Å². The van der Waals surface area contributed by atoms with E-state index in [9.17, 15) is 4.79 Å². The number of hydrogen-bond donors (Lipinski definition) is 1. The third kappa shape index (κ3) is 5.39. The third-order valence-electron chi connectivity index (χ3n) is 3.55. The van der Waals surface area contributed by atoms with Gasteiger partial charge in [-0.25, -0.2) is 0 Å². The second kappa shape index (κ2) is 7.89. The van der Waals surface area contributed by atoms with E-state index >= 15 is 0 Å². The number of aromatic nitrogens is 1. The summed E-state index contributed by atoms with van der Waals surface area (Å²) >= 11 is 0. The fourth-order valence-corrected chi connectivity index (χ4v) is 2.40. The van der Waals surface area contributed by atoms with Crippen LogP contribution in [0.15, 0.2) is 24.4 Å². The Kier molecular flexibility index (Phi) is 5.82. The SMILES string of the molecule is O=C(CCN1CCCCCC1)NCc1ccccn1. The van der Waals surface area contributed by atoms with Crippen LogP contribution in [0, 0.1) is 0 Å². The molecule has 1 aliphatic heterocycles. The number of hydrogen-bond acceptors (Lipinski definition) is 3. The van der Waals surface area contributed by atoms with Gasteiger partial charge in [0.05, 0.1) is 12.2 Å². The Bertz CT molecular complexity index is 372. The van der Waals surface area contributed by atoms with Crippen molar-refractivity contribution in [2.75, 3.05) is 19.6 Å². The summed E-state index contributed by atoms with van der Waals surface area (Å²) in [6, 6.07) is 5.74. The van der Waals surface area contributed by atoms with Crippen molar-refractivity contribution < 1.29 is 4.79 Å². The number of nitrogens with one attached hydrogen (secondary N) is 1. The quantitative estimate of drug-likeness (QED) is 0.881. The largest absolute Gasteiger partial charge is 0.350 e. The van der Waals surface area contributed by atoms with Crippen molar-refractivity contribution >= 4 is 5.91 Å². The van der Waals surface area contributed by atoms with Crippen LogP contribution < -0.4 is 5.32 Å². The molecule has 4 nitrogen and oxygen atoms in total. The number of pyridine rings is 1. The minimum absolute atomic E-state index is 0.120. The molecule has 0 spiro atoms. The molecule has 2 heterocycles. The molecule has 2 rings (SSSR count). The van der Waals surface area contributed by atoms with Crippen LogP contribution in [-0.2, 0) is 11.3 Å². The lowest BCUT2D eigenvalue weighted by molar-refractivity contribution is -0.121. The average Bonchev–Trinajstić information content (AvgIpc) is 2.73. The highest BCUT2D eigenvalue weighted by Crippen LogP contribution is 2.09. The summed E-state index contributed by atoms with van der Waals surface area (Å²) in [6.07, 6.45) is 7.56. The summed E-state index contributed by atoms with van der Waals surface area (Å²) in [5, 5.41) is 2.93. The summed E-state index contributed by atoms with van der Waals surface area (Å²) in [5.41, 5.74) is 0.908. The highest BCUT2D eigenvalue weighted by atomic mass is 16.1. The van der Waals surface area contributed by atoms with Gasteiger partial charge in [0.2, 0.25) is 5.91 Å². The molecular weight excluding hydrogens is 238 g/mol. The fourth-order valence-electron chi connectivity index (χ4n) is 2.40. The van der Waals surface area contributed by atoms with E-state index in [0.717, 1.165) is 25.3 Å². The smallest absolute Gasteiger partial charge is 0.221 e.